The Bertz CT molecular complexity index is 87.0. The molecule has 0 aromatic rings. The minimum absolute atomic E-state index is 0.0699. The van der Waals surface area contributed by atoms with E-state index in [0.29, 0.717) is 12.8 Å². The molecule has 0 aliphatic carbocycles. The summed E-state index contributed by atoms with van der Waals surface area (Å²) in [6.07, 6.45) is 0.806. The van der Waals surface area contributed by atoms with Gasteiger partial charge in [-0.05, 0) is 12.8 Å². The fraction of sp³-hybridized carbons (Fsp3) is 0.800. The molecular weight excluding hydrogens is 128 g/mol. The van der Waals surface area contributed by atoms with Crippen LogP contribution >= 0.6 is 0 Å². The Balaban J connectivity index is 2.97. The highest BCUT2D eigenvalue weighted by Crippen LogP contribution is 1.94. The van der Waals surface area contributed by atoms with Crippen LogP contribution in [-0.4, -0.2) is 12.6 Å². The molecular formula is C5H9F2NO. The zero-order valence-corrected chi connectivity index (χ0v) is 4.99. The predicted octanol–water partition coefficient (Wildman–Crippen LogP) is 1.13. The van der Waals surface area contributed by atoms with Crippen LogP contribution in [0, 0.1) is 0 Å². The van der Waals surface area contributed by atoms with Crippen LogP contribution in [0.5, 0.6) is 0 Å². The summed E-state index contributed by atoms with van der Waals surface area (Å²) in [5, 5.41) is 0. The summed E-state index contributed by atoms with van der Waals surface area (Å²) >= 11 is 0. The van der Waals surface area contributed by atoms with Gasteiger partial charge in [0, 0.05) is 6.42 Å². The van der Waals surface area contributed by atoms with Crippen molar-refractivity contribution < 1.29 is 13.7 Å². The molecule has 0 aromatic heterocycles. The number of rotatable bonds is 4. The number of amides is 1. The average molecular weight is 137 g/mol. The molecule has 1 N–H and O–H groups in total. The van der Waals surface area contributed by atoms with Crippen molar-refractivity contribution in [1.82, 2.24) is 5.54 Å². The Hall–Kier alpha value is -0.670. The minimum atomic E-state index is -0.677. The summed E-state index contributed by atoms with van der Waals surface area (Å²) in [6, 6.07) is 0. The van der Waals surface area contributed by atoms with Gasteiger partial charge in [0.2, 0.25) is 5.91 Å². The fourth-order valence-electron chi connectivity index (χ4n) is 0.427. The van der Waals surface area contributed by atoms with E-state index in [2.05, 4.69) is 0 Å². The fourth-order valence-corrected chi connectivity index (χ4v) is 0.427. The smallest absolute Gasteiger partial charge is 0.247 e. The van der Waals surface area contributed by atoms with E-state index < -0.39 is 12.6 Å². The Morgan fingerprint density at radius 2 is 2.11 bits per heavy atom. The van der Waals surface area contributed by atoms with Crippen LogP contribution in [0.4, 0.5) is 8.87 Å². The number of unbranched alkanes of at least 4 members (excludes halogenated alkanes) is 1. The first-order chi connectivity index (χ1) is 4.31. The molecule has 0 heterocycles. The quantitative estimate of drug-likeness (QED) is 0.456. The number of nitrogens with one attached hydrogen (secondary N) is 1. The van der Waals surface area contributed by atoms with Gasteiger partial charge in [-0.25, -0.2) is 0 Å². The van der Waals surface area contributed by atoms with Crippen LogP contribution in [-0.2, 0) is 4.79 Å². The molecule has 0 unspecified atom stereocenters. The van der Waals surface area contributed by atoms with Crippen molar-refractivity contribution in [2.45, 2.75) is 19.3 Å². The summed E-state index contributed by atoms with van der Waals surface area (Å²) in [7, 11) is 0. The standard InChI is InChI=1S/C5H9F2NO/c6-4-2-1-3-5(9)8-7/h1-4H2,(H,8,9). The van der Waals surface area contributed by atoms with Gasteiger partial charge in [0.1, 0.15) is 0 Å². The van der Waals surface area contributed by atoms with Crippen LogP contribution in [0.2, 0.25) is 0 Å². The molecule has 0 radical (unpaired) electrons. The van der Waals surface area contributed by atoms with E-state index in [1.165, 1.54) is 0 Å². The van der Waals surface area contributed by atoms with E-state index in [1.54, 1.807) is 0 Å². The molecule has 0 aliphatic rings. The normalized spacial score (nSPS) is 9.11. The summed E-state index contributed by atoms with van der Waals surface area (Å²) in [4.78, 5) is 10.1. The lowest BCUT2D eigenvalue weighted by Crippen LogP contribution is -2.12. The van der Waals surface area contributed by atoms with E-state index in [9.17, 15) is 13.7 Å². The molecule has 0 aromatic carbocycles. The molecule has 0 saturated heterocycles. The predicted molar refractivity (Wildman–Crippen MR) is 29.1 cm³/mol. The Morgan fingerprint density at radius 3 is 2.56 bits per heavy atom. The third-order valence-electron chi connectivity index (χ3n) is 0.893. The summed E-state index contributed by atoms with van der Waals surface area (Å²) in [6.45, 7) is -0.445. The molecule has 0 saturated carbocycles. The average Bonchev–Trinajstić information content (AvgIpc) is 1.89. The SMILES string of the molecule is O=C(CCCCF)NF. The molecule has 2 nitrogen and oxygen atoms in total. The summed E-state index contributed by atoms with van der Waals surface area (Å²) in [5.74, 6) is -0.677. The van der Waals surface area contributed by atoms with Crippen LogP contribution in [0.3, 0.4) is 0 Å². The summed E-state index contributed by atoms with van der Waals surface area (Å²) in [5.41, 5.74) is 0.962. The second-order valence-electron chi connectivity index (χ2n) is 1.66. The van der Waals surface area contributed by atoms with E-state index in [4.69, 9.17) is 0 Å². The summed E-state index contributed by atoms with van der Waals surface area (Å²) < 4.78 is 22.4. The van der Waals surface area contributed by atoms with Crippen molar-refractivity contribution >= 4 is 5.91 Å². The molecule has 9 heavy (non-hydrogen) atoms. The second-order valence-corrected chi connectivity index (χ2v) is 1.66. The van der Waals surface area contributed by atoms with Gasteiger partial charge in [-0.2, -0.15) is 5.54 Å². The molecule has 1 amide bonds. The molecule has 0 bridgehead atoms. The maximum Gasteiger partial charge on any atom is 0.247 e. The lowest BCUT2D eigenvalue weighted by molar-refractivity contribution is -0.125. The molecule has 0 spiro atoms. The molecule has 0 rings (SSSR count). The number of halogens is 2. The zero-order valence-electron chi connectivity index (χ0n) is 4.99. The lowest BCUT2D eigenvalue weighted by Gasteiger charge is -1.92. The highest BCUT2D eigenvalue weighted by Gasteiger charge is 1.97. The van der Waals surface area contributed by atoms with Crippen molar-refractivity contribution in [2.75, 3.05) is 6.67 Å². The monoisotopic (exact) mass is 137 g/mol. The van der Waals surface area contributed by atoms with Gasteiger partial charge >= 0.3 is 0 Å². The maximum absolute atomic E-state index is 11.3. The highest BCUT2D eigenvalue weighted by molar-refractivity contribution is 5.74. The van der Waals surface area contributed by atoms with Crippen LogP contribution < -0.4 is 5.54 Å². The topological polar surface area (TPSA) is 29.1 Å². The van der Waals surface area contributed by atoms with Gasteiger partial charge in [-0.3, -0.25) is 9.18 Å². The third kappa shape index (κ3) is 5.20. The Labute approximate surface area is 52.2 Å². The van der Waals surface area contributed by atoms with Crippen LogP contribution in [0.1, 0.15) is 19.3 Å². The van der Waals surface area contributed by atoms with E-state index in [1.807, 2.05) is 0 Å². The van der Waals surface area contributed by atoms with Crippen molar-refractivity contribution in [3.05, 3.63) is 0 Å². The maximum atomic E-state index is 11.3. The minimum Gasteiger partial charge on any atom is -0.273 e. The largest absolute Gasteiger partial charge is 0.273 e. The van der Waals surface area contributed by atoms with Gasteiger partial charge in [0.15, 0.2) is 0 Å². The number of hydrogen-bond acceptors (Lipinski definition) is 1. The first kappa shape index (κ1) is 8.33. The van der Waals surface area contributed by atoms with Crippen molar-refractivity contribution in [1.29, 1.82) is 0 Å². The van der Waals surface area contributed by atoms with E-state index in [-0.39, 0.29) is 6.42 Å². The van der Waals surface area contributed by atoms with Crippen LogP contribution in [0.15, 0.2) is 0 Å². The molecule has 0 atom stereocenters. The van der Waals surface area contributed by atoms with Crippen molar-refractivity contribution in [3.8, 4) is 0 Å². The van der Waals surface area contributed by atoms with Crippen molar-refractivity contribution in [2.24, 2.45) is 0 Å². The number of carbonyl (C=O) groups excluding carboxylic acids is 1. The van der Waals surface area contributed by atoms with E-state index >= 15 is 0 Å². The molecule has 4 heteroatoms. The number of alkyl halides is 1. The Kier molecular flexibility index (Phi) is 5.06. The van der Waals surface area contributed by atoms with Gasteiger partial charge in [0.05, 0.1) is 6.67 Å². The number of hydrogen-bond donors (Lipinski definition) is 1. The molecule has 0 fully saturated rings. The Morgan fingerprint density at radius 1 is 1.44 bits per heavy atom. The first-order valence-electron chi connectivity index (χ1n) is 2.76. The van der Waals surface area contributed by atoms with E-state index in [0.717, 1.165) is 5.54 Å². The zero-order chi connectivity index (χ0) is 7.11. The van der Waals surface area contributed by atoms with Gasteiger partial charge in [0.25, 0.3) is 0 Å². The van der Waals surface area contributed by atoms with Gasteiger partial charge in [-0.1, -0.05) is 0 Å². The van der Waals surface area contributed by atoms with Crippen LogP contribution in [0.25, 0.3) is 0 Å². The lowest BCUT2D eigenvalue weighted by atomic mass is 10.2. The van der Waals surface area contributed by atoms with Gasteiger partial charge < -0.3 is 0 Å². The van der Waals surface area contributed by atoms with Crippen molar-refractivity contribution in [3.63, 3.8) is 0 Å². The first-order valence-corrected chi connectivity index (χ1v) is 2.76. The highest BCUT2D eigenvalue weighted by atomic mass is 19.2. The molecule has 0 aliphatic heterocycles. The number of carbonyl (C=O) groups is 1. The molecule has 54 valence electrons. The second kappa shape index (κ2) is 5.47. The third-order valence-corrected chi connectivity index (χ3v) is 0.893. The van der Waals surface area contributed by atoms with Gasteiger partial charge in [-0.15, -0.1) is 4.48 Å².